The number of nitrogens with one attached hydrogen (secondary N) is 1. The molecular formula is C22H18N4O4. The number of hydrogen-bond donors (Lipinski definition) is 1. The average Bonchev–Trinajstić information content (AvgIpc) is 3.13. The summed E-state index contributed by atoms with van der Waals surface area (Å²) in [6.07, 6.45) is 0.272. The SMILES string of the molecule is CC1(c2ccc(C#N)cc2)NC(=O)N(CCCN2C(=O)c3ccccc3C2=O)C1=O. The van der Waals surface area contributed by atoms with Crippen molar-refractivity contribution in [1.29, 1.82) is 5.26 Å². The van der Waals surface area contributed by atoms with Crippen LogP contribution >= 0.6 is 0 Å². The molecule has 0 radical (unpaired) electrons. The zero-order valence-corrected chi connectivity index (χ0v) is 16.2. The summed E-state index contributed by atoms with van der Waals surface area (Å²) in [6.45, 7) is 1.79. The van der Waals surface area contributed by atoms with Crippen LogP contribution in [0.15, 0.2) is 48.5 Å². The van der Waals surface area contributed by atoms with Crippen LogP contribution in [0, 0.1) is 11.3 Å². The van der Waals surface area contributed by atoms with Crippen molar-refractivity contribution in [3.05, 3.63) is 70.8 Å². The van der Waals surface area contributed by atoms with E-state index < -0.39 is 17.5 Å². The Labute approximate surface area is 172 Å². The van der Waals surface area contributed by atoms with Gasteiger partial charge in [-0.25, -0.2) is 4.79 Å². The molecule has 0 bridgehead atoms. The van der Waals surface area contributed by atoms with Gasteiger partial charge in [0, 0.05) is 13.1 Å². The predicted octanol–water partition coefficient (Wildman–Crippen LogP) is 2.01. The molecule has 2 heterocycles. The lowest BCUT2D eigenvalue weighted by atomic mass is 9.91. The van der Waals surface area contributed by atoms with Gasteiger partial charge in [0.05, 0.1) is 22.8 Å². The van der Waals surface area contributed by atoms with Gasteiger partial charge in [0.25, 0.3) is 17.7 Å². The molecule has 1 fully saturated rings. The van der Waals surface area contributed by atoms with Gasteiger partial charge in [0.1, 0.15) is 5.54 Å². The number of amides is 5. The van der Waals surface area contributed by atoms with Gasteiger partial charge < -0.3 is 5.32 Å². The molecule has 1 unspecified atom stereocenters. The number of carbonyl (C=O) groups is 4. The summed E-state index contributed by atoms with van der Waals surface area (Å²) >= 11 is 0. The first-order valence-electron chi connectivity index (χ1n) is 9.47. The minimum atomic E-state index is -1.24. The summed E-state index contributed by atoms with van der Waals surface area (Å²) in [6, 6.07) is 14.5. The van der Waals surface area contributed by atoms with Crippen molar-refractivity contribution in [2.75, 3.05) is 13.1 Å². The summed E-state index contributed by atoms with van der Waals surface area (Å²) < 4.78 is 0. The van der Waals surface area contributed by atoms with E-state index in [1.54, 1.807) is 55.5 Å². The highest BCUT2D eigenvalue weighted by Gasteiger charge is 2.48. The zero-order valence-electron chi connectivity index (χ0n) is 16.2. The number of benzene rings is 2. The van der Waals surface area contributed by atoms with Crippen LogP contribution in [0.1, 0.15) is 45.2 Å². The Kier molecular flexibility index (Phi) is 4.59. The number of nitriles is 1. The fourth-order valence-electron chi connectivity index (χ4n) is 3.80. The minimum absolute atomic E-state index is 0.0734. The molecular weight excluding hydrogens is 384 g/mol. The lowest BCUT2D eigenvalue weighted by Crippen LogP contribution is -2.41. The molecule has 2 aliphatic heterocycles. The van der Waals surface area contributed by atoms with Gasteiger partial charge in [0.15, 0.2) is 0 Å². The number of urea groups is 1. The fourth-order valence-corrected chi connectivity index (χ4v) is 3.80. The van der Waals surface area contributed by atoms with E-state index in [9.17, 15) is 19.2 Å². The second-order valence-corrected chi connectivity index (χ2v) is 7.36. The summed E-state index contributed by atoms with van der Waals surface area (Å²) in [5.41, 5.74) is 0.525. The predicted molar refractivity (Wildman–Crippen MR) is 105 cm³/mol. The Bertz CT molecular complexity index is 1080. The molecule has 2 aliphatic rings. The van der Waals surface area contributed by atoms with E-state index in [1.165, 1.54) is 0 Å². The number of nitrogens with zero attached hydrogens (tertiary/aromatic N) is 3. The van der Waals surface area contributed by atoms with Crippen LogP contribution in [-0.2, 0) is 10.3 Å². The van der Waals surface area contributed by atoms with Crippen LogP contribution in [0.4, 0.5) is 4.79 Å². The topological polar surface area (TPSA) is 111 Å². The van der Waals surface area contributed by atoms with E-state index in [4.69, 9.17) is 5.26 Å². The Morgan fingerprint density at radius 3 is 2.03 bits per heavy atom. The molecule has 0 aromatic heterocycles. The molecule has 0 saturated carbocycles. The Hall–Kier alpha value is -3.99. The van der Waals surface area contributed by atoms with Gasteiger partial charge in [-0.2, -0.15) is 5.26 Å². The van der Waals surface area contributed by atoms with E-state index in [1.807, 2.05) is 6.07 Å². The highest BCUT2D eigenvalue weighted by Crippen LogP contribution is 2.29. The van der Waals surface area contributed by atoms with E-state index in [0.29, 0.717) is 22.3 Å². The zero-order chi connectivity index (χ0) is 21.5. The van der Waals surface area contributed by atoms with Crippen molar-refractivity contribution in [1.82, 2.24) is 15.1 Å². The molecule has 2 aromatic carbocycles. The third-order valence-electron chi connectivity index (χ3n) is 5.51. The largest absolute Gasteiger partial charge is 0.325 e. The Morgan fingerprint density at radius 2 is 1.47 bits per heavy atom. The van der Waals surface area contributed by atoms with Gasteiger partial charge >= 0.3 is 6.03 Å². The molecule has 0 aliphatic carbocycles. The smallest absolute Gasteiger partial charge is 0.319 e. The summed E-state index contributed by atoms with van der Waals surface area (Å²) in [7, 11) is 0. The maximum atomic E-state index is 13.0. The molecule has 1 saturated heterocycles. The van der Waals surface area contributed by atoms with Crippen LogP contribution in [0.2, 0.25) is 0 Å². The summed E-state index contributed by atoms with van der Waals surface area (Å²) in [5, 5.41) is 11.6. The van der Waals surface area contributed by atoms with Crippen LogP contribution in [0.3, 0.4) is 0 Å². The second kappa shape index (κ2) is 7.12. The Balaban J connectivity index is 1.43. The molecule has 5 amide bonds. The monoisotopic (exact) mass is 402 g/mol. The quantitative estimate of drug-likeness (QED) is 0.608. The van der Waals surface area contributed by atoms with Crippen molar-refractivity contribution >= 4 is 23.8 Å². The van der Waals surface area contributed by atoms with Gasteiger partial charge in [0.2, 0.25) is 0 Å². The number of rotatable bonds is 5. The summed E-state index contributed by atoms with van der Waals surface area (Å²) in [4.78, 5) is 52.5. The van der Waals surface area contributed by atoms with E-state index in [0.717, 1.165) is 9.80 Å². The molecule has 1 N–H and O–H groups in total. The third-order valence-corrected chi connectivity index (χ3v) is 5.51. The highest BCUT2D eigenvalue weighted by atomic mass is 16.2. The molecule has 4 rings (SSSR count). The maximum Gasteiger partial charge on any atom is 0.325 e. The number of hydrogen-bond acceptors (Lipinski definition) is 5. The van der Waals surface area contributed by atoms with Gasteiger partial charge in [-0.05, 0) is 43.2 Å². The van der Waals surface area contributed by atoms with E-state index >= 15 is 0 Å². The third kappa shape index (κ3) is 2.92. The second-order valence-electron chi connectivity index (χ2n) is 7.36. The van der Waals surface area contributed by atoms with Crippen molar-refractivity contribution in [3.8, 4) is 6.07 Å². The van der Waals surface area contributed by atoms with E-state index in [-0.39, 0.29) is 31.3 Å². The number of carbonyl (C=O) groups excluding carboxylic acids is 4. The maximum absolute atomic E-state index is 13.0. The van der Waals surface area contributed by atoms with Crippen molar-refractivity contribution in [2.45, 2.75) is 18.9 Å². The van der Waals surface area contributed by atoms with Gasteiger partial charge in [-0.3, -0.25) is 24.2 Å². The minimum Gasteiger partial charge on any atom is -0.319 e. The first-order valence-corrected chi connectivity index (χ1v) is 9.47. The van der Waals surface area contributed by atoms with Crippen LogP contribution in [0.25, 0.3) is 0 Å². The van der Waals surface area contributed by atoms with Gasteiger partial charge in [-0.1, -0.05) is 24.3 Å². The molecule has 8 nitrogen and oxygen atoms in total. The molecule has 8 heteroatoms. The van der Waals surface area contributed by atoms with Crippen molar-refractivity contribution < 1.29 is 19.2 Å². The molecule has 0 spiro atoms. The fraction of sp³-hybridized carbons (Fsp3) is 0.227. The first kappa shape index (κ1) is 19.3. The molecule has 30 heavy (non-hydrogen) atoms. The lowest BCUT2D eigenvalue weighted by Gasteiger charge is -2.22. The molecule has 1 atom stereocenters. The normalized spacial score (nSPS) is 20.4. The molecule has 150 valence electrons. The van der Waals surface area contributed by atoms with Crippen LogP contribution < -0.4 is 5.32 Å². The molecule has 2 aromatic rings. The summed E-state index contributed by atoms with van der Waals surface area (Å²) in [5.74, 6) is -1.15. The lowest BCUT2D eigenvalue weighted by molar-refractivity contribution is -0.131. The standard InChI is InChI=1S/C22H18N4O4/c1-22(15-9-7-14(13-23)8-10-15)20(29)26(21(30)24-22)12-4-11-25-18(27)16-5-2-3-6-17(16)19(25)28/h2-3,5-10H,4,11-12H2,1H3,(H,24,30). The highest BCUT2D eigenvalue weighted by molar-refractivity contribution is 6.21. The Morgan fingerprint density at radius 1 is 0.900 bits per heavy atom. The first-order chi connectivity index (χ1) is 14.4. The average molecular weight is 402 g/mol. The number of fused-ring (bicyclic) bond motifs is 1. The van der Waals surface area contributed by atoms with Crippen LogP contribution in [0.5, 0.6) is 0 Å². The van der Waals surface area contributed by atoms with Crippen LogP contribution in [-0.4, -0.2) is 46.6 Å². The van der Waals surface area contributed by atoms with E-state index in [2.05, 4.69) is 5.32 Å². The number of imide groups is 2. The van der Waals surface area contributed by atoms with Crippen molar-refractivity contribution in [2.24, 2.45) is 0 Å². The van der Waals surface area contributed by atoms with Gasteiger partial charge in [-0.15, -0.1) is 0 Å². The van der Waals surface area contributed by atoms with Crippen molar-refractivity contribution in [3.63, 3.8) is 0 Å².